The first-order valence-corrected chi connectivity index (χ1v) is 10.0. The van der Waals surface area contributed by atoms with Gasteiger partial charge in [-0.1, -0.05) is 38.5 Å². The molecule has 140 valence electrons. The highest BCUT2D eigenvalue weighted by atomic mass is 16.2. The highest BCUT2D eigenvalue weighted by molar-refractivity contribution is 6.07. The van der Waals surface area contributed by atoms with Crippen molar-refractivity contribution in [2.75, 3.05) is 19.6 Å². The molecule has 3 aliphatic rings. The van der Waals surface area contributed by atoms with Gasteiger partial charge in [0.2, 0.25) is 17.7 Å². The zero-order chi connectivity index (χ0) is 17.6. The fourth-order valence-electron chi connectivity index (χ4n) is 4.55. The van der Waals surface area contributed by atoms with E-state index in [1.54, 1.807) is 0 Å². The van der Waals surface area contributed by atoms with E-state index in [0.717, 1.165) is 32.2 Å². The Balaban J connectivity index is 1.37. The number of carbonyl (C=O) groups excluding carboxylic acids is 3. The van der Waals surface area contributed by atoms with Crippen molar-refractivity contribution in [1.29, 1.82) is 0 Å². The molecule has 2 aliphatic carbocycles. The molecule has 2 unspecified atom stereocenters. The highest BCUT2D eigenvalue weighted by Gasteiger charge is 2.48. The topological polar surface area (TPSA) is 78.5 Å². The van der Waals surface area contributed by atoms with Gasteiger partial charge >= 0.3 is 0 Å². The lowest BCUT2D eigenvalue weighted by Gasteiger charge is -2.19. The Labute approximate surface area is 150 Å². The van der Waals surface area contributed by atoms with Crippen LogP contribution in [0.25, 0.3) is 0 Å². The van der Waals surface area contributed by atoms with E-state index >= 15 is 0 Å². The molecule has 0 aromatic heterocycles. The van der Waals surface area contributed by atoms with Gasteiger partial charge in [-0.15, -0.1) is 0 Å². The Morgan fingerprint density at radius 3 is 2.00 bits per heavy atom. The number of amides is 3. The summed E-state index contributed by atoms with van der Waals surface area (Å²) in [6.45, 7) is 1.16. The van der Waals surface area contributed by atoms with Gasteiger partial charge in [-0.3, -0.25) is 19.3 Å². The minimum Gasteiger partial charge on any atom is -0.353 e. The van der Waals surface area contributed by atoms with Crippen molar-refractivity contribution in [2.45, 2.75) is 70.3 Å². The van der Waals surface area contributed by atoms with Crippen molar-refractivity contribution in [3.63, 3.8) is 0 Å². The molecule has 6 heteroatoms. The zero-order valence-corrected chi connectivity index (χ0v) is 15.1. The molecular weight excluding hydrogens is 318 g/mol. The third-order valence-electron chi connectivity index (χ3n) is 5.97. The van der Waals surface area contributed by atoms with Crippen molar-refractivity contribution in [3.8, 4) is 0 Å². The van der Waals surface area contributed by atoms with Crippen molar-refractivity contribution in [3.05, 3.63) is 0 Å². The van der Waals surface area contributed by atoms with Crippen molar-refractivity contribution >= 4 is 17.7 Å². The van der Waals surface area contributed by atoms with Gasteiger partial charge in [0.1, 0.15) is 6.54 Å². The van der Waals surface area contributed by atoms with Crippen LogP contribution < -0.4 is 10.6 Å². The van der Waals surface area contributed by atoms with Crippen LogP contribution in [0.4, 0.5) is 0 Å². The van der Waals surface area contributed by atoms with Crippen LogP contribution in [-0.4, -0.2) is 48.3 Å². The number of hydrogen-bond acceptors (Lipinski definition) is 4. The summed E-state index contributed by atoms with van der Waals surface area (Å²) < 4.78 is 0. The van der Waals surface area contributed by atoms with Crippen LogP contribution in [0.3, 0.4) is 0 Å². The molecule has 6 nitrogen and oxygen atoms in total. The maximum Gasteiger partial charge on any atom is 0.240 e. The second kappa shape index (κ2) is 8.79. The van der Waals surface area contributed by atoms with Crippen molar-refractivity contribution < 1.29 is 14.4 Å². The van der Waals surface area contributed by atoms with Gasteiger partial charge in [0.15, 0.2) is 0 Å². The number of carbonyl (C=O) groups is 3. The Morgan fingerprint density at radius 2 is 1.40 bits per heavy atom. The molecule has 0 bridgehead atoms. The lowest BCUT2D eigenvalue weighted by atomic mass is 9.81. The molecular formula is C19H31N3O3. The molecule has 3 amide bonds. The van der Waals surface area contributed by atoms with Gasteiger partial charge in [-0.25, -0.2) is 0 Å². The Morgan fingerprint density at radius 1 is 0.840 bits per heavy atom. The molecule has 0 radical (unpaired) electrons. The monoisotopic (exact) mass is 349 g/mol. The molecule has 0 aromatic rings. The summed E-state index contributed by atoms with van der Waals surface area (Å²) in [5.41, 5.74) is 0. The van der Waals surface area contributed by atoms with Crippen LogP contribution in [0.2, 0.25) is 0 Å². The van der Waals surface area contributed by atoms with E-state index in [2.05, 4.69) is 10.6 Å². The first-order valence-electron chi connectivity index (χ1n) is 10.0. The molecule has 3 fully saturated rings. The normalized spacial score (nSPS) is 27.9. The first kappa shape index (κ1) is 18.4. The molecule has 2 atom stereocenters. The summed E-state index contributed by atoms with van der Waals surface area (Å²) in [5.74, 6) is -0.859. The highest BCUT2D eigenvalue weighted by Crippen LogP contribution is 2.37. The molecule has 0 spiro atoms. The second-order valence-corrected chi connectivity index (χ2v) is 7.75. The van der Waals surface area contributed by atoms with Crippen LogP contribution in [0.15, 0.2) is 0 Å². The summed E-state index contributed by atoms with van der Waals surface area (Å²) >= 11 is 0. The second-order valence-electron chi connectivity index (χ2n) is 7.75. The number of nitrogens with zero attached hydrogens (tertiary/aromatic N) is 1. The molecule has 2 saturated carbocycles. The standard InChI is InChI=1S/C19H31N3O3/c23-17(21-12-11-20-14-7-3-1-2-4-8-14)13-22-18(24)15-9-5-6-10-16(15)19(22)25/h14-16,20H,1-13H2,(H,21,23). The number of hydrogen-bond donors (Lipinski definition) is 2. The SMILES string of the molecule is O=C(CN1C(=O)C2CCCCC2C1=O)NCCNC1CCCCCC1. The lowest BCUT2D eigenvalue weighted by molar-refractivity contribution is -0.143. The van der Waals surface area contributed by atoms with E-state index in [4.69, 9.17) is 0 Å². The fourth-order valence-corrected chi connectivity index (χ4v) is 4.55. The number of nitrogens with one attached hydrogen (secondary N) is 2. The van der Waals surface area contributed by atoms with Gasteiger partial charge < -0.3 is 10.6 Å². The fraction of sp³-hybridized carbons (Fsp3) is 0.842. The van der Waals surface area contributed by atoms with E-state index in [1.165, 1.54) is 43.4 Å². The first-order chi connectivity index (χ1) is 12.2. The molecule has 1 saturated heterocycles. The largest absolute Gasteiger partial charge is 0.353 e. The Kier molecular flexibility index (Phi) is 6.45. The molecule has 1 aliphatic heterocycles. The summed E-state index contributed by atoms with van der Waals surface area (Å²) in [5, 5.41) is 6.35. The molecule has 1 heterocycles. The Bertz CT molecular complexity index is 476. The van der Waals surface area contributed by atoms with E-state index in [-0.39, 0.29) is 36.1 Å². The van der Waals surface area contributed by atoms with E-state index < -0.39 is 0 Å². The average molecular weight is 349 g/mol. The summed E-state index contributed by atoms with van der Waals surface area (Å²) in [7, 11) is 0. The molecule has 25 heavy (non-hydrogen) atoms. The van der Waals surface area contributed by atoms with Crippen molar-refractivity contribution in [1.82, 2.24) is 15.5 Å². The number of imide groups is 1. The van der Waals surface area contributed by atoms with Crippen LogP contribution in [0.5, 0.6) is 0 Å². The quantitative estimate of drug-likeness (QED) is 0.434. The van der Waals surface area contributed by atoms with E-state index in [0.29, 0.717) is 12.6 Å². The summed E-state index contributed by atoms with van der Waals surface area (Å²) in [4.78, 5) is 38.0. The lowest BCUT2D eigenvalue weighted by Crippen LogP contribution is -2.43. The molecule has 0 aromatic carbocycles. The maximum atomic E-state index is 12.4. The third-order valence-corrected chi connectivity index (χ3v) is 5.97. The predicted octanol–water partition coefficient (Wildman–Crippen LogP) is 1.59. The van der Waals surface area contributed by atoms with Crippen LogP contribution >= 0.6 is 0 Å². The number of fused-ring (bicyclic) bond motifs is 1. The third kappa shape index (κ3) is 4.60. The molecule has 3 rings (SSSR count). The van der Waals surface area contributed by atoms with Gasteiger partial charge in [0.05, 0.1) is 11.8 Å². The number of rotatable bonds is 6. The average Bonchev–Trinajstić information content (AvgIpc) is 2.81. The summed E-state index contributed by atoms with van der Waals surface area (Å²) in [6, 6.07) is 0.560. The van der Waals surface area contributed by atoms with Gasteiger partial charge in [0, 0.05) is 19.1 Å². The van der Waals surface area contributed by atoms with E-state index in [1.807, 2.05) is 0 Å². The maximum absolute atomic E-state index is 12.4. The summed E-state index contributed by atoms with van der Waals surface area (Å²) in [6.07, 6.45) is 11.2. The van der Waals surface area contributed by atoms with E-state index in [9.17, 15) is 14.4 Å². The minimum atomic E-state index is -0.233. The smallest absolute Gasteiger partial charge is 0.240 e. The minimum absolute atomic E-state index is 0.117. The van der Waals surface area contributed by atoms with Gasteiger partial charge in [-0.2, -0.15) is 0 Å². The van der Waals surface area contributed by atoms with Crippen LogP contribution in [-0.2, 0) is 14.4 Å². The Hall–Kier alpha value is -1.43. The van der Waals surface area contributed by atoms with Crippen LogP contribution in [0.1, 0.15) is 64.2 Å². The van der Waals surface area contributed by atoms with Gasteiger partial charge in [0.25, 0.3) is 0 Å². The molecule has 2 N–H and O–H groups in total. The van der Waals surface area contributed by atoms with Gasteiger partial charge in [-0.05, 0) is 25.7 Å². The predicted molar refractivity (Wildman–Crippen MR) is 94.7 cm³/mol. The van der Waals surface area contributed by atoms with Crippen LogP contribution in [0, 0.1) is 11.8 Å². The number of likely N-dealkylation sites (tertiary alicyclic amines) is 1. The van der Waals surface area contributed by atoms with Crippen molar-refractivity contribution in [2.24, 2.45) is 11.8 Å². The zero-order valence-electron chi connectivity index (χ0n) is 15.1.